The molecular formula is C29H33N3. The number of aryl methyl sites for hydroxylation is 2. The van der Waals surface area contributed by atoms with E-state index in [1.165, 1.54) is 35.1 Å². The zero-order valence-electron chi connectivity index (χ0n) is 19.9. The van der Waals surface area contributed by atoms with Crippen LogP contribution in [-0.4, -0.2) is 14.8 Å². The van der Waals surface area contributed by atoms with Gasteiger partial charge in [-0.3, -0.25) is 4.57 Å². The third-order valence-electron chi connectivity index (χ3n) is 6.24. The molecule has 4 rings (SSSR count). The van der Waals surface area contributed by atoms with E-state index >= 15 is 0 Å². The predicted molar refractivity (Wildman–Crippen MR) is 134 cm³/mol. The summed E-state index contributed by atoms with van der Waals surface area (Å²) in [5.74, 6) is 1.93. The molecule has 0 atom stereocenters. The Balaban J connectivity index is 1.89. The highest BCUT2D eigenvalue weighted by molar-refractivity contribution is 5.68. The van der Waals surface area contributed by atoms with Crippen LogP contribution in [0.25, 0.3) is 28.2 Å². The molecule has 32 heavy (non-hydrogen) atoms. The van der Waals surface area contributed by atoms with Gasteiger partial charge in [-0.05, 0) is 55.2 Å². The summed E-state index contributed by atoms with van der Waals surface area (Å²) in [7, 11) is 0. The van der Waals surface area contributed by atoms with Crippen molar-refractivity contribution in [2.45, 2.75) is 59.3 Å². The van der Waals surface area contributed by atoms with Crippen LogP contribution in [0.5, 0.6) is 0 Å². The molecule has 1 aromatic heterocycles. The molecule has 1 heterocycles. The van der Waals surface area contributed by atoms with Crippen molar-refractivity contribution in [3.05, 3.63) is 89.7 Å². The Labute approximate surface area is 192 Å². The number of nitrogens with zero attached hydrogens (tertiary/aromatic N) is 3. The van der Waals surface area contributed by atoms with Crippen LogP contribution in [0, 0.1) is 13.8 Å². The maximum absolute atomic E-state index is 4.76. The largest absolute Gasteiger partial charge is 0.278 e. The van der Waals surface area contributed by atoms with Crippen molar-refractivity contribution in [3.63, 3.8) is 0 Å². The SMILES string of the molecule is CCCCC(C)(C)c1nnc(-c2cccc(C)c2)n1-c1ccc(-c2ccccc2)cc1C. The van der Waals surface area contributed by atoms with Crippen molar-refractivity contribution in [2.24, 2.45) is 0 Å². The van der Waals surface area contributed by atoms with E-state index in [4.69, 9.17) is 10.2 Å². The second-order valence-corrected chi connectivity index (χ2v) is 9.41. The maximum atomic E-state index is 4.76. The number of aromatic nitrogens is 3. The summed E-state index contributed by atoms with van der Waals surface area (Å²) in [6.45, 7) is 11.1. The topological polar surface area (TPSA) is 30.7 Å². The number of rotatable bonds is 7. The summed E-state index contributed by atoms with van der Waals surface area (Å²) in [6, 6.07) is 25.8. The van der Waals surface area contributed by atoms with E-state index in [1.807, 2.05) is 0 Å². The number of hydrogen-bond donors (Lipinski definition) is 0. The molecule has 0 aliphatic rings. The molecular weight excluding hydrogens is 390 g/mol. The highest BCUT2D eigenvalue weighted by Gasteiger charge is 2.29. The van der Waals surface area contributed by atoms with E-state index in [-0.39, 0.29) is 5.41 Å². The van der Waals surface area contributed by atoms with E-state index in [0.717, 1.165) is 29.3 Å². The van der Waals surface area contributed by atoms with Gasteiger partial charge in [-0.15, -0.1) is 10.2 Å². The van der Waals surface area contributed by atoms with Crippen LogP contribution in [0.1, 0.15) is 57.0 Å². The minimum atomic E-state index is -0.0738. The van der Waals surface area contributed by atoms with Crippen molar-refractivity contribution in [2.75, 3.05) is 0 Å². The van der Waals surface area contributed by atoms with Crippen LogP contribution in [0.4, 0.5) is 0 Å². The maximum Gasteiger partial charge on any atom is 0.168 e. The van der Waals surface area contributed by atoms with Crippen LogP contribution >= 0.6 is 0 Å². The van der Waals surface area contributed by atoms with E-state index in [0.29, 0.717) is 0 Å². The highest BCUT2D eigenvalue weighted by Crippen LogP contribution is 2.35. The van der Waals surface area contributed by atoms with Gasteiger partial charge in [0.15, 0.2) is 5.82 Å². The quantitative estimate of drug-likeness (QED) is 0.305. The van der Waals surface area contributed by atoms with Crippen molar-refractivity contribution in [1.82, 2.24) is 14.8 Å². The van der Waals surface area contributed by atoms with Crippen molar-refractivity contribution < 1.29 is 0 Å². The minimum absolute atomic E-state index is 0.0738. The fraction of sp³-hybridized carbons (Fsp3) is 0.310. The second-order valence-electron chi connectivity index (χ2n) is 9.41. The van der Waals surface area contributed by atoms with Crippen LogP contribution in [0.2, 0.25) is 0 Å². The Morgan fingerprint density at radius 3 is 2.22 bits per heavy atom. The lowest BCUT2D eigenvalue weighted by Gasteiger charge is -2.25. The zero-order valence-corrected chi connectivity index (χ0v) is 19.9. The Morgan fingerprint density at radius 2 is 1.53 bits per heavy atom. The Hall–Kier alpha value is -3.20. The molecule has 0 N–H and O–H groups in total. The molecule has 3 aromatic carbocycles. The third kappa shape index (κ3) is 4.38. The first-order valence-electron chi connectivity index (χ1n) is 11.6. The molecule has 3 heteroatoms. The summed E-state index contributed by atoms with van der Waals surface area (Å²) in [4.78, 5) is 0. The standard InChI is InChI=1S/C29H33N3/c1-6-7-18-29(4,5)28-31-30-27(25-15-11-12-21(2)19-25)32(28)26-17-16-24(20-22(26)3)23-13-9-8-10-14-23/h8-17,19-20H,6-7,18H2,1-5H3. The van der Waals surface area contributed by atoms with E-state index in [2.05, 4.69) is 112 Å². The summed E-state index contributed by atoms with van der Waals surface area (Å²) in [6.07, 6.45) is 3.43. The number of hydrogen-bond acceptors (Lipinski definition) is 2. The van der Waals surface area contributed by atoms with Crippen molar-refractivity contribution in [1.29, 1.82) is 0 Å². The van der Waals surface area contributed by atoms with Crippen molar-refractivity contribution in [3.8, 4) is 28.2 Å². The van der Waals surface area contributed by atoms with Gasteiger partial charge in [-0.2, -0.15) is 0 Å². The molecule has 3 nitrogen and oxygen atoms in total. The molecule has 0 radical (unpaired) electrons. The number of benzene rings is 3. The summed E-state index contributed by atoms with van der Waals surface area (Å²) in [5.41, 5.74) is 7.06. The fourth-order valence-corrected chi connectivity index (χ4v) is 4.37. The molecule has 0 unspecified atom stereocenters. The molecule has 0 aliphatic carbocycles. The third-order valence-corrected chi connectivity index (χ3v) is 6.24. The van der Waals surface area contributed by atoms with Crippen LogP contribution in [0.15, 0.2) is 72.8 Å². The molecule has 0 saturated carbocycles. The van der Waals surface area contributed by atoms with Crippen LogP contribution in [-0.2, 0) is 5.41 Å². The average molecular weight is 424 g/mol. The van der Waals surface area contributed by atoms with Gasteiger partial charge in [0.05, 0.1) is 5.69 Å². The summed E-state index contributed by atoms with van der Waals surface area (Å²) in [5, 5.41) is 9.47. The normalized spacial score (nSPS) is 11.7. The van der Waals surface area contributed by atoms with Gasteiger partial charge in [0.1, 0.15) is 5.82 Å². The monoisotopic (exact) mass is 423 g/mol. The molecule has 4 aromatic rings. The van der Waals surface area contributed by atoms with Gasteiger partial charge in [0.2, 0.25) is 0 Å². The lowest BCUT2D eigenvalue weighted by molar-refractivity contribution is 0.425. The van der Waals surface area contributed by atoms with Gasteiger partial charge in [-0.25, -0.2) is 0 Å². The Morgan fingerprint density at radius 1 is 0.781 bits per heavy atom. The summed E-state index contributed by atoms with van der Waals surface area (Å²) < 4.78 is 2.29. The van der Waals surface area contributed by atoms with Gasteiger partial charge < -0.3 is 0 Å². The minimum Gasteiger partial charge on any atom is -0.278 e. The Bertz CT molecular complexity index is 1200. The fourth-order valence-electron chi connectivity index (χ4n) is 4.37. The van der Waals surface area contributed by atoms with E-state index < -0.39 is 0 Å². The first kappa shape index (κ1) is 22.0. The predicted octanol–water partition coefficient (Wildman–Crippen LogP) is 7.69. The lowest BCUT2D eigenvalue weighted by atomic mass is 9.86. The molecule has 0 bridgehead atoms. The molecule has 0 saturated heterocycles. The first-order chi connectivity index (χ1) is 15.4. The summed E-state index contributed by atoms with van der Waals surface area (Å²) >= 11 is 0. The second kappa shape index (κ2) is 9.12. The van der Waals surface area contributed by atoms with Gasteiger partial charge >= 0.3 is 0 Å². The highest BCUT2D eigenvalue weighted by atomic mass is 15.3. The van der Waals surface area contributed by atoms with Crippen molar-refractivity contribution >= 4 is 0 Å². The smallest absolute Gasteiger partial charge is 0.168 e. The molecule has 0 aliphatic heterocycles. The Kier molecular flexibility index (Phi) is 6.27. The van der Waals surface area contributed by atoms with Gasteiger partial charge in [0.25, 0.3) is 0 Å². The molecule has 0 amide bonds. The van der Waals surface area contributed by atoms with Gasteiger partial charge in [0, 0.05) is 11.0 Å². The van der Waals surface area contributed by atoms with Gasteiger partial charge in [-0.1, -0.05) is 93.8 Å². The zero-order chi connectivity index (χ0) is 22.7. The van der Waals surface area contributed by atoms with E-state index in [1.54, 1.807) is 0 Å². The number of unbranched alkanes of at least 4 members (excludes halogenated alkanes) is 1. The lowest BCUT2D eigenvalue weighted by Crippen LogP contribution is -2.23. The molecule has 0 spiro atoms. The van der Waals surface area contributed by atoms with Crippen LogP contribution < -0.4 is 0 Å². The van der Waals surface area contributed by atoms with Crippen LogP contribution in [0.3, 0.4) is 0 Å². The average Bonchev–Trinajstić information content (AvgIpc) is 3.24. The first-order valence-corrected chi connectivity index (χ1v) is 11.6. The molecule has 164 valence electrons. The molecule has 0 fully saturated rings. The van der Waals surface area contributed by atoms with E-state index in [9.17, 15) is 0 Å².